The third kappa shape index (κ3) is 2.95. The average molecular weight is 335 g/mol. The lowest BCUT2D eigenvalue weighted by Gasteiger charge is -2.19. The Hall–Kier alpha value is -2.53. The van der Waals surface area contributed by atoms with E-state index in [0.29, 0.717) is 0 Å². The predicted molar refractivity (Wildman–Crippen MR) is 96.4 cm³/mol. The number of carbonyl (C=O) groups is 1. The van der Waals surface area contributed by atoms with Gasteiger partial charge in [0.05, 0.1) is 0 Å². The Balaban J connectivity index is 1.54. The number of amides is 1. The van der Waals surface area contributed by atoms with Crippen molar-refractivity contribution in [3.05, 3.63) is 64.7 Å². The smallest absolute Gasteiger partial charge is 0.255 e. The number of hydrogen-bond acceptors (Lipinski definition) is 4. The van der Waals surface area contributed by atoms with Crippen LogP contribution in [-0.4, -0.2) is 16.1 Å². The number of benzene rings is 2. The van der Waals surface area contributed by atoms with Crippen molar-refractivity contribution in [3.8, 4) is 10.6 Å². The molecule has 1 amide bonds. The van der Waals surface area contributed by atoms with E-state index in [0.717, 1.165) is 41.1 Å². The second kappa shape index (κ2) is 6.53. The third-order valence-electron chi connectivity index (χ3n) is 4.39. The highest BCUT2D eigenvalue weighted by molar-refractivity contribution is 7.12. The Morgan fingerprint density at radius 2 is 1.88 bits per heavy atom. The minimum absolute atomic E-state index is 0.0302. The van der Waals surface area contributed by atoms with Crippen LogP contribution >= 0.6 is 11.3 Å². The highest BCUT2D eigenvalue weighted by atomic mass is 32.1. The van der Waals surface area contributed by atoms with Crippen molar-refractivity contribution >= 4 is 22.9 Å². The molecule has 1 aliphatic carbocycles. The Bertz CT molecular complexity index is 857. The van der Waals surface area contributed by atoms with Gasteiger partial charge in [-0.3, -0.25) is 4.79 Å². The molecule has 0 atom stereocenters. The molecule has 0 radical (unpaired) electrons. The molecule has 0 aliphatic heterocycles. The van der Waals surface area contributed by atoms with Crippen molar-refractivity contribution < 1.29 is 4.79 Å². The molecule has 1 heterocycles. The Kier molecular flexibility index (Phi) is 4.09. The SMILES string of the molecule is O=C(Nc1ccc(-c2nncs2)cc1)c1cccc2c1CCCC2. The second-order valence-electron chi connectivity index (χ2n) is 5.93. The predicted octanol–water partition coefficient (Wildman–Crippen LogP) is 4.34. The van der Waals surface area contributed by atoms with Crippen LogP contribution in [0.1, 0.15) is 34.3 Å². The Morgan fingerprint density at radius 3 is 2.67 bits per heavy atom. The lowest BCUT2D eigenvalue weighted by molar-refractivity contribution is 0.102. The number of hydrogen-bond donors (Lipinski definition) is 1. The molecule has 5 heteroatoms. The van der Waals surface area contributed by atoms with Gasteiger partial charge in [0.25, 0.3) is 5.91 Å². The van der Waals surface area contributed by atoms with Gasteiger partial charge >= 0.3 is 0 Å². The van der Waals surface area contributed by atoms with Gasteiger partial charge in [0, 0.05) is 16.8 Å². The van der Waals surface area contributed by atoms with Gasteiger partial charge < -0.3 is 5.32 Å². The number of rotatable bonds is 3. The molecule has 0 spiro atoms. The molecule has 24 heavy (non-hydrogen) atoms. The number of carbonyl (C=O) groups excluding carboxylic acids is 1. The van der Waals surface area contributed by atoms with Crippen LogP contribution in [0.2, 0.25) is 0 Å². The van der Waals surface area contributed by atoms with E-state index >= 15 is 0 Å². The summed E-state index contributed by atoms with van der Waals surface area (Å²) in [6.07, 6.45) is 4.45. The molecule has 1 aliphatic rings. The lowest BCUT2D eigenvalue weighted by atomic mass is 9.88. The van der Waals surface area contributed by atoms with E-state index in [9.17, 15) is 4.79 Å². The summed E-state index contributed by atoms with van der Waals surface area (Å²) in [5.74, 6) is -0.0302. The van der Waals surface area contributed by atoms with Crippen molar-refractivity contribution in [2.75, 3.05) is 5.32 Å². The molecular formula is C19H17N3OS. The summed E-state index contributed by atoms with van der Waals surface area (Å²) in [5.41, 5.74) is 6.85. The van der Waals surface area contributed by atoms with Crippen LogP contribution in [0.5, 0.6) is 0 Å². The molecule has 4 rings (SSSR count). The molecule has 120 valence electrons. The lowest BCUT2D eigenvalue weighted by Crippen LogP contribution is -2.17. The molecule has 0 fully saturated rings. The van der Waals surface area contributed by atoms with Crippen LogP contribution in [0, 0.1) is 0 Å². The van der Waals surface area contributed by atoms with Crippen LogP contribution in [0.3, 0.4) is 0 Å². The Morgan fingerprint density at radius 1 is 1.04 bits per heavy atom. The maximum atomic E-state index is 12.7. The van der Waals surface area contributed by atoms with Crippen LogP contribution < -0.4 is 5.32 Å². The number of nitrogens with zero attached hydrogens (tertiary/aromatic N) is 2. The molecule has 0 unspecified atom stereocenters. The monoisotopic (exact) mass is 335 g/mol. The van der Waals surface area contributed by atoms with Crippen molar-refractivity contribution in [2.24, 2.45) is 0 Å². The topological polar surface area (TPSA) is 54.9 Å². The van der Waals surface area contributed by atoms with E-state index in [1.165, 1.54) is 28.9 Å². The summed E-state index contributed by atoms with van der Waals surface area (Å²) in [6, 6.07) is 13.8. The maximum Gasteiger partial charge on any atom is 0.255 e. The summed E-state index contributed by atoms with van der Waals surface area (Å²) >= 11 is 1.50. The van der Waals surface area contributed by atoms with Crippen LogP contribution in [0.4, 0.5) is 5.69 Å². The van der Waals surface area contributed by atoms with Crippen molar-refractivity contribution in [3.63, 3.8) is 0 Å². The molecule has 1 N–H and O–H groups in total. The molecular weight excluding hydrogens is 318 g/mol. The summed E-state index contributed by atoms with van der Waals surface area (Å²) in [6.45, 7) is 0. The highest BCUT2D eigenvalue weighted by Crippen LogP contribution is 2.26. The van der Waals surface area contributed by atoms with Gasteiger partial charge in [-0.1, -0.05) is 23.5 Å². The third-order valence-corrected chi connectivity index (χ3v) is 5.13. The number of aromatic nitrogens is 2. The molecule has 4 nitrogen and oxygen atoms in total. The first-order valence-electron chi connectivity index (χ1n) is 8.10. The zero-order valence-corrected chi connectivity index (χ0v) is 14.0. The zero-order chi connectivity index (χ0) is 16.4. The van der Waals surface area contributed by atoms with Crippen molar-refractivity contribution in [1.29, 1.82) is 0 Å². The van der Waals surface area contributed by atoms with E-state index in [-0.39, 0.29) is 5.91 Å². The minimum Gasteiger partial charge on any atom is -0.322 e. The molecule has 1 aromatic heterocycles. The molecule has 2 aromatic carbocycles. The average Bonchev–Trinajstić information content (AvgIpc) is 3.16. The fourth-order valence-electron chi connectivity index (χ4n) is 3.19. The van der Waals surface area contributed by atoms with E-state index in [1.54, 1.807) is 5.51 Å². The first-order valence-corrected chi connectivity index (χ1v) is 8.98. The van der Waals surface area contributed by atoms with Crippen molar-refractivity contribution in [2.45, 2.75) is 25.7 Å². The molecule has 0 saturated carbocycles. The first kappa shape index (κ1) is 15.0. The molecule has 0 saturated heterocycles. The van der Waals surface area contributed by atoms with E-state index < -0.39 is 0 Å². The van der Waals surface area contributed by atoms with Gasteiger partial charge in [-0.25, -0.2) is 0 Å². The number of aryl methyl sites for hydroxylation is 1. The number of anilines is 1. The largest absolute Gasteiger partial charge is 0.322 e. The van der Waals surface area contributed by atoms with Crippen LogP contribution in [0.15, 0.2) is 48.0 Å². The first-order chi connectivity index (χ1) is 11.8. The summed E-state index contributed by atoms with van der Waals surface area (Å²) in [7, 11) is 0. The van der Waals surface area contributed by atoms with Crippen molar-refractivity contribution in [1.82, 2.24) is 10.2 Å². The van der Waals surface area contributed by atoms with Crippen LogP contribution in [0.25, 0.3) is 10.6 Å². The molecule has 3 aromatic rings. The summed E-state index contributed by atoms with van der Waals surface area (Å²) in [5, 5.41) is 11.8. The fourth-order valence-corrected chi connectivity index (χ4v) is 3.75. The standard InChI is InChI=1S/C19H17N3OS/c23-18(17-7-3-5-13-4-1-2-6-16(13)17)21-15-10-8-14(9-11-15)19-22-20-12-24-19/h3,5,7-12H,1-2,4,6H2,(H,21,23). The normalized spacial score (nSPS) is 13.3. The van der Waals surface area contributed by atoms with Gasteiger partial charge in [-0.05, 0) is 67.1 Å². The number of fused-ring (bicyclic) bond motifs is 1. The summed E-state index contributed by atoms with van der Waals surface area (Å²) < 4.78 is 0. The van der Waals surface area contributed by atoms with E-state index in [4.69, 9.17) is 0 Å². The van der Waals surface area contributed by atoms with Crippen LogP contribution in [-0.2, 0) is 12.8 Å². The molecule has 0 bridgehead atoms. The van der Waals surface area contributed by atoms with Gasteiger partial charge in [-0.15, -0.1) is 10.2 Å². The van der Waals surface area contributed by atoms with Gasteiger partial charge in [0.1, 0.15) is 10.5 Å². The number of nitrogens with one attached hydrogen (secondary N) is 1. The second-order valence-corrected chi connectivity index (χ2v) is 6.76. The zero-order valence-electron chi connectivity index (χ0n) is 13.2. The van der Waals surface area contributed by atoms with E-state index in [1.807, 2.05) is 36.4 Å². The Labute approximate surface area is 144 Å². The van der Waals surface area contributed by atoms with E-state index in [2.05, 4.69) is 21.6 Å². The van der Waals surface area contributed by atoms with Gasteiger partial charge in [0.15, 0.2) is 0 Å². The van der Waals surface area contributed by atoms with Gasteiger partial charge in [0.2, 0.25) is 0 Å². The fraction of sp³-hybridized carbons (Fsp3) is 0.211. The maximum absolute atomic E-state index is 12.7. The quantitative estimate of drug-likeness (QED) is 0.775. The summed E-state index contributed by atoms with van der Waals surface area (Å²) in [4.78, 5) is 12.7. The highest BCUT2D eigenvalue weighted by Gasteiger charge is 2.17. The minimum atomic E-state index is -0.0302. The van der Waals surface area contributed by atoms with Gasteiger partial charge in [-0.2, -0.15) is 0 Å².